The molecule has 0 atom stereocenters. The van der Waals surface area contributed by atoms with Crippen molar-refractivity contribution in [1.29, 1.82) is 0 Å². The molecule has 4 heteroatoms. The van der Waals surface area contributed by atoms with Crippen LogP contribution in [0.5, 0.6) is 0 Å². The smallest absolute Gasteiger partial charge is 0.227 e. The summed E-state index contributed by atoms with van der Waals surface area (Å²) in [5.74, 6) is 1.07. The average molecular weight is 351 g/mol. The highest BCUT2D eigenvalue weighted by molar-refractivity contribution is 9.10. The second kappa shape index (κ2) is 5.23. The van der Waals surface area contributed by atoms with Crippen LogP contribution in [0, 0.1) is 0 Å². The summed E-state index contributed by atoms with van der Waals surface area (Å²) >= 11 is 9.49. The van der Waals surface area contributed by atoms with Gasteiger partial charge >= 0.3 is 0 Å². The van der Waals surface area contributed by atoms with Gasteiger partial charge in [-0.3, -0.25) is 0 Å². The van der Waals surface area contributed by atoms with Gasteiger partial charge in [-0.05, 0) is 57.7 Å². The van der Waals surface area contributed by atoms with Crippen molar-refractivity contribution in [3.8, 4) is 11.5 Å². The molecular weight excluding hydrogens is 338 g/mol. The number of benzene rings is 2. The Morgan fingerprint density at radius 3 is 2.65 bits per heavy atom. The van der Waals surface area contributed by atoms with Gasteiger partial charge in [0, 0.05) is 10.0 Å². The minimum Gasteiger partial charge on any atom is -0.436 e. The van der Waals surface area contributed by atoms with Gasteiger partial charge in [0.05, 0.1) is 5.02 Å². The first kappa shape index (κ1) is 13.7. The molecule has 3 rings (SSSR count). The summed E-state index contributed by atoms with van der Waals surface area (Å²) in [4.78, 5) is 4.56. The average Bonchev–Trinajstić information content (AvgIpc) is 2.84. The minimum absolute atomic E-state index is 0.474. The van der Waals surface area contributed by atoms with Crippen molar-refractivity contribution in [2.45, 2.75) is 19.8 Å². The summed E-state index contributed by atoms with van der Waals surface area (Å²) in [6.45, 7) is 4.33. The summed E-state index contributed by atoms with van der Waals surface area (Å²) in [6, 6.07) is 11.8. The van der Waals surface area contributed by atoms with E-state index in [1.165, 1.54) is 5.56 Å². The molecule has 0 bridgehead atoms. The van der Waals surface area contributed by atoms with Crippen LogP contribution in [0.3, 0.4) is 0 Å². The summed E-state index contributed by atoms with van der Waals surface area (Å²) in [6.07, 6.45) is 0. The van der Waals surface area contributed by atoms with Gasteiger partial charge in [0.15, 0.2) is 5.58 Å². The van der Waals surface area contributed by atoms with Gasteiger partial charge in [-0.25, -0.2) is 4.98 Å². The maximum absolute atomic E-state index is 6.11. The Hall–Kier alpha value is -1.32. The van der Waals surface area contributed by atoms with Crippen molar-refractivity contribution < 1.29 is 4.42 Å². The standard InChI is InChI=1S/C16H13BrClNO/c1-9(2)10-4-6-15-14(8-10)19-16(20-15)11-3-5-12(17)13(18)7-11/h3-9H,1-2H3. The van der Waals surface area contributed by atoms with E-state index in [4.69, 9.17) is 16.0 Å². The molecule has 0 fully saturated rings. The number of hydrogen-bond donors (Lipinski definition) is 0. The molecule has 0 saturated heterocycles. The van der Waals surface area contributed by atoms with Crippen LogP contribution >= 0.6 is 27.5 Å². The molecule has 20 heavy (non-hydrogen) atoms. The largest absolute Gasteiger partial charge is 0.436 e. The van der Waals surface area contributed by atoms with Crippen LogP contribution in [0.4, 0.5) is 0 Å². The van der Waals surface area contributed by atoms with E-state index in [1.807, 2.05) is 24.3 Å². The number of hydrogen-bond acceptors (Lipinski definition) is 2. The monoisotopic (exact) mass is 349 g/mol. The van der Waals surface area contributed by atoms with E-state index in [0.717, 1.165) is 21.1 Å². The molecule has 3 aromatic rings. The predicted molar refractivity (Wildman–Crippen MR) is 86.2 cm³/mol. The number of fused-ring (bicyclic) bond motifs is 1. The van der Waals surface area contributed by atoms with Crippen LogP contribution < -0.4 is 0 Å². The molecular formula is C16H13BrClNO. The fourth-order valence-electron chi connectivity index (χ4n) is 2.06. The van der Waals surface area contributed by atoms with Gasteiger partial charge in [-0.1, -0.05) is 31.5 Å². The van der Waals surface area contributed by atoms with Gasteiger partial charge in [-0.15, -0.1) is 0 Å². The third-order valence-corrected chi connectivity index (χ3v) is 4.48. The van der Waals surface area contributed by atoms with Crippen molar-refractivity contribution >= 4 is 38.6 Å². The summed E-state index contributed by atoms with van der Waals surface area (Å²) in [7, 11) is 0. The molecule has 2 nitrogen and oxygen atoms in total. The van der Waals surface area contributed by atoms with E-state index >= 15 is 0 Å². The lowest BCUT2D eigenvalue weighted by Gasteiger charge is -2.02. The Balaban J connectivity index is 2.10. The maximum Gasteiger partial charge on any atom is 0.227 e. The molecule has 1 aromatic heterocycles. The second-order valence-corrected chi connectivity index (χ2v) is 6.29. The number of aromatic nitrogens is 1. The van der Waals surface area contributed by atoms with Gasteiger partial charge in [0.25, 0.3) is 0 Å². The van der Waals surface area contributed by atoms with E-state index in [1.54, 1.807) is 0 Å². The molecule has 1 heterocycles. The predicted octanol–water partition coefficient (Wildman–Crippen LogP) is 6.03. The Bertz CT molecular complexity index is 779. The molecule has 0 unspecified atom stereocenters. The first-order valence-electron chi connectivity index (χ1n) is 6.40. The molecule has 0 saturated carbocycles. The van der Waals surface area contributed by atoms with Crippen LogP contribution in [0.25, 0.3) is 22.6 Å². The Morgan fingerprint density at radius 2 is 1.95 bits per heavy atom. The SMILES string of the molecule is CC(C)c1ccc2oc(-c3ccc(Br)c(Cl)c3)nc2c1. The van der Waals surface area contributed by atoms with E-state index in [2.05, 4.69) is 46.9 Å². The Kier molecular flexibility index (Phi) is 3.57. The van der Waals surface area contributed by atoms with Crippen LogP contribution in [0.15, 0.2) is 45.3 Å². The van der Waals surface area contributed by atoms with Crippen LogP contribution in [0.2, 0.25) is 5.02 Å². The van der Waals surface area contributed by atoms with E-state index in [9.17, 15) is 0 Å². The van der Waals surface area contributed by atoms with Gasteiger partial charge in [-0.2, -0.15) is 0 Å². The van der Waals surface area contributed by atoms with E-state index < -0.39 is 0 Å². The molecule has 2 aromatic carbocycles. The quantitative estimate of drug-likeness (QED) is 0.563. The maximum atomic E-state index is 6.11. The Labute approximate surface area is 130 Å². The van der Waals surface area contributed by atoms with Gasteiger partial charge in [0.1, 0.15) is 5.52 Å². The molecule has 0 aliphatic heterocycles. The molecule has 0 aliphatic carbocycles. The highest BCUT2D eigenvalue weighted by Crippen LogP contribution is 2.31. The van der Waals surface area contributed by atoms with Crippen molar-refractivity contribution in [3.05, 3.63) is 51.5 Å². The number of halogens is 2. The first-order chi connectivity index (χ1) is 9.54. The lowest BCUT2D eigenvalue weighted by atomic mass is 10.0. The fraction of sp³-hybridized carbons (Fsp3) is 0.188. The fourth-order valence-corrected chi connectivity index (χ4v) is 2.48. The van der Waals surface area contributed by atoms with Crippen molar-refractivity contribution in [1.82, 2.24) is 4.98 Å². The zero-order valence-corrected chi connectivity index (χ0v) is 13.5. The van der Waals surface area contributed by atoms with Crippen LogP contribution in [-0.2, 0) is 0 Å². The second-order valence-electron chi connectivity index (χ2n) is 5.03. The van der Waals surface area contributed by atoms with Crippen molar-refractivity contribution in [2.75, 3.05) is 0 Å². The first-order valence-corrected chi connectivity index (χ1v) is 7.57. The highest BCUT2D eigenvalue weighted by Gasteiger charge is 2.11. The molecule has 0 spiro atoms. The van der Waals surface area contributed by atoms with Crippen LogP contribution in [-0.4, -0.2) is 4.98 Å². The zero-order valence-electron chi connectivity index (χ0n) is 11.2. The van der Waals surface area contributed by atoms with Gasteiger partial charge in [0.2, 0.25) is 5.89 Å². The summed E-state index contributed by atoms with van der Waals surface area (Å²) in [5.41, 5.74) is 3.81. The zero-order chi connectivity index (χ0) is 14.3. The molecule has 0 amide bonds. The topological polar surface area (TPSA) is 26.0 Å². The summed E-state index contributed by atoms with van der Waals surface area (Å²) < 4.78 is 6.66. The molecule has 0 radical (unpaired) electrons. The number of rotatable bonds is 2. The number of oxazole rings is 1. The normalized spacial score (nSPS) is 11.4. The summed E-state index contributed by atoms with van der Waals surface area (Å²) in [5, 5.41) is 0.646. The van der Waals surface area contributed by atoms with E-state index in [0.29, 0.717) is 16.8 Å². The third-order valence-electron chi connectivity index (χ3n) is 3.24. The number of nitrogens with zero attached hydrogens (tertiary/aromatic N) is 1. The molecule has 0 N–H and O–H groups in total. The molecule has 0 aliphatic rings. The Morgan fingerprint density at radius 1 is 1.15 bits per heavy atom. The lowest BCUT2D eigenvalue weighted by Crippen LogP contribution is -1.85. The van der Waals surface area contributed by atoms with Crippen LogP contribution in [0.1, 0.15) is 25.3 Å². The lowest BCUT2D eigenvalue weighted by molar-refractivity contribution is 0.619. The third kappa shape index (κ3) is 2.48. The van der Waals surface area contributed by atoms with Crippen molar-refractivity contribution in [2.24, 2.45) is 0 Å². The van der Waals surface area contributed by atoms with Gasteiger partial charge < -0.3 is 4.42 Å². The minimum atomic E-state index is 0.474. The van der Waals surface area contributed by atoms with Crippen molar-refractivity contribution in [3.63, 3.8) is 0 Å². The van der Waals surface area contributed by atoms with E-state index in [-0.39, 0.29) is 0 Å². The highest BCUT2D eigenvalue weighted by atomic mass is 79.9. The molecule has 102 valence electrons.